The SMILES string of the molecule is CCCNC1CCc2c(OCCOCc3ccccc3)cccc21. The molecule has 0 aromatic heterocycles. The Morgan fingerprint density at radius 2 is 1.92 bits per heavy atom. The zero-order valence-electron chi connectivity index (χ0n) is 14.5. The monoisotopic (exact) mass is 325 g/mol. The highest BCUT2D eigenvalue weighted by Gasteiger charge is 2.24. The summed E-state index contributed by atoms with van der Waals surface area (Å²) in [5, 5.41) is 3.63. The van der Waals surface area contributed by atoms with Gasteiger partial charge in [-0.15, -0.1) is 0 Å². The van der Waals surface area contributed by atoms with Gasteiger partial charge in [0.1, 0.15) is 12.4 Å². The van der Waals surface area contributed by atoms with E-state index in [0.29, 0.717) is 25.9 Å². The summed E-state index contributed by atoms with van der Waals surface area (Å²) in [6.07, 6.45) is 3.43. The lowest BCUT2D eigenvalue weighted by atomic mass is 10.1. The first kappa shape index (κ1) is 17.0. The van der Waals surface area contributed by atoms with Crippen LogP contribution >= 0.6 is 0 Å². The molecule has 0 aliphatic heterocycles. The van der Waals surface area contributed by atoms with E-state index in [1.54, 1.807) is 0 Å². The maximum absolute atomic E-state index is 5.99. The van der Waals surface area contributed by atoms with E-state index in [2.05, 4.69) is 42.6 Å². The van der Waals surface area contributed by atoms with Crippen LogP contribution in [0.3, 0.4) is 0 Å². The third kappa shape index (κ3) is 4.37. The molecule has 0 fully saturated rings. The van der Waals surface area contributed by atoms with E-state index in [4.69, 9.17) is 9.47 Å². The van der Waals surface area contributed by atoms with E-state index in [1.807, 2.05) is 18.2 Å². The molecule has 1 atom stereocenters. The van der Waals surface area contributed by atoms with Crippen molar-refractivity contribution >= 4 is 0 Å². The van der Waals surface area contributed by atoms with Gasteiger partial charge in [-0.2, -0.15) is 0 Å². The van der Waals surface area contributed by atoms with Crippen LogP contribution < -0.4 is 10.1 Å². The molecule has 1 unspecified atom stereocenters. The second kappa shape index (κ2) is 8.86. The maximum Gasteiger partial charge on any atom is 0.122 e. The number of benzene rings is 2. The van der Waals surface area contributed by atoms with Gasteiger partial charge in [-0.3, -0.25) is 0 Å². The van der Waals surface area contributed by atoms with Gasteiger partial charge in [0.2, 0.25) is 0 Å². The van der Waals surface area contributed by atoms with Crippen LogP contribution in [0, 0.1) is 0 Å². The van der Waals surface area contributed by atoms with Gasteiger partial charge in [0.25, 0.3) is 0 Å². The van der Waals surface area contributed by atoms with Gasteiger partial charge in [-0.05, 0) is 48.6 Å². The third-order valence-electron chi connectivity index (χ3n) is 4.47. The summed E-state index contributed by atoms with van der Waals surface area (Å²) in [6, 6.07) is 17.1. The molecule has 3 rings (SSSR count). The van der Waals surface area contributed by atoms with Crippen molar-refractivity contribution in [2.75, 3.05) is 19.8 Å². The molecule has 0 saturated heterocycles. The van der Waals surface area contributed by atoms with Crippen molar-refractivity contribution in [3.05, 3.63) is 65.2 Å². The highest BCUT2D eigenvalue weighted by molar-refractivity contribution is 5.45. The Kier molecular flexibility index (Phi) is 6.27. The van der Waals surface area contributed by atoms with Crippen LogP contribution in [0.25, 0.3) is 0 Å². The predicted octanol–water partition coefficient (Wildman–Crippen LogP) is 4.27. The number of fused-ring (bicyclic) bond motifs is 1. The largest absolute Gasteiger partial charge is 0.491 e. The third-order valence-corrected chi connectivity index (χ3v) is 4.47. The standard InChI is InChI=1S/C21H27NO2/c1-2-13-22-20-12-11-19-18(20)9-6-10-21(19)24-15-14-23-16-17-7-4-3-5-8-17/h3-10,20,22H,2,11-16H2,1H3. The summed E-state index contributed by atoms with van der Waals surface area (Å²) in [5.41, 5.74) is 3.98. The topological polar surface area (TPSA) is 30.5 Å². The lowest BCUT2D eigenvalue weighted by molar-refractivity contribution is 0.0886. The zero-order valence-corrected chi connectivity index (χ0v) is 14.5. The highest BCUT2D eigenvalue weighted by atomic mass is 16.5. The second-order valence-corrected chi connectivity index (χ2v) is 6.26. The zero-order chi connectivity index (χ0) is 16.6. The molecule has 0 bridgehead atoms. The van der Waals surface area contributed by atoms with E-state index in [-0.39, 0.29) is 0 Å². The molecule has 3 nitrogen and oxygen atoms in total. The Labute approximate surface area is 145 Å². The van der Waals surface area contributed by atoms with E-state index >= 15 is 0 Å². The van der Waals surface area contributed by atoms with Crippen molar-refractivity contribution in [2.24, 2.45) is 0 Å². The van der Waals surface area contributed by atoms with Gasteiger partial charge in [-0.25, -0.2) is 0 Å². The molecule has 3 heteroatoms. The first-order valence-electron chi connectivity index (χ1n) is 8.98. The van der Waals surface area contributed by atoms with Crippen LogP contribution in [-0.4, -0.2) is 19.8 Å². The van der Waals surface area contributed by atoms with E-state index in [0.717, 1.165) is 18.7 Å². The van der Waals surface area contributed by atoms with E-state index in [9.17, 15) is 0 Å². The molecule has 1 aliphatic rings. The van der Waals surface area contributed by atoms with Gasteiger partial charge >= 0.3 is 0 Å². The normalized spacial score (nSPS) is 16.1. The lowest BCUT2D eigenvalue weighted by Gasteiger charge is -2.15. The fraction of sp³-hybridized carbons (Fsp3) is 0.429. The van der Waals surface area contributed by atoms with Gasteiger partial charge in [0, 0.05) is 6.04 Å². The number of rotatable bonds is 9. The van der Waals surface area contributed by atoms with Crippen LogP contribution in [0.15, 0.2) is 48.5 Å². The van der Waals surface area contributed by atoms with Crippen LogP contribution in [0.2, 0.25) is 0 Å². The predicted molar refractivity (Wildman–Crippen MR) is 97.4 cm³/mol. The van der Waals surface area contributed by atoms with Gasteiger partial charge in [-0.1, -0.05) is 49.4 Å². The van der Waals surface area contributed by atoms with Gasteiger partial charge in [0.05, 0.1) is 13.2 Å². The molecule has 0 spiro atoms. The molecule has 0 saturated carbocycles. The molecule has 1 N–H and O–H groups in total. The van der Waals surface area contributed by atoms with Crippen LogP contribution in [0.1, 0.15) is 42.5 Å². The lowest BCUT2D eigenvalue weighted by Crippen LogP contribution is -2.19. The summed E-state index contributed by atoms with van der Waals surface area (Å²) in [7, 11) is 0. The number of hydrogen-bond acceptors (Lipinski definition) is 3. The first-order chi connectivity index (χ1) is 11.9. The summed E-state index contributed by atoms with van der Waals surface area (Å²) >= 11 is 0. The summed E-state index contributed by atoms with van der Waals surface area (Å²) in [4.78, 5) is 0. The van der Waals surface area contributed by atoms with Crippen molar-refractivity contribution < 1.29 is 9.47 Å². The average molecular weight is 325 g/mol. The fourth-order valence-corrected chi connectivity index (χ4v) is 3.26. The van der Waals surface area contributed by atoms with E-state index in [1.165, 1.54) is 29.5 Å². The minimum absolute atomic E-state index is 0.484. The molecule has 2 aromatic carbocycles. The van der Waals surface area contributed by atoms with Crippen molar-refractivity contribution in [3.63, 3.8) is 0 Å². The maximum atomic E-state index is 5.99. The minimum Gasteiger partial charge on any atom is -0.491 e. The summed E-state index contributed by atoms with van der Waals surface area (Å²) in [5.74, 6) is 1.02. The first-order valence-corrected chi connectivity index (χ1v) is 8.98. The van der Waals surface area contributed by atoms with Gasteiger partial charge in [0.15, 0.2) is 0 Å². The molecular formula is C21H27NO2. The van der Waals surface area contributed by atoms with Crippen molar-refractivity contribution in [3.8, 4) is 5.75 Å². The quantitative estimate of drug-likeness (QED) is 0.699. The number of ether oxygens (including phenoxy) is 2. The molecular weight excluding hydrogens is 298 g/mol. The second-order valence-electron chi connectivity index (χ2n) is 6.26. The smallest absolute Gasteiger partial charge is 0.122 e. The minimum atomic E-state index is 0.484. The molecule has 2 aromatic rings. The fourth-order valence-electron chi connectivity index (χ4n) is 3.26. The molecule has 0 radical (unpaired) electrons. The number of nitrogens with one attached hydrogen (secondary N) is 1. The average Bonchev–Trinajstić information content (AvgIpc) is 3.04. The Bertz CT molecular complexity index is 627. The summed E-state index contributed by atoms with van der Waals surface area (Å²) in [6.45, 7) is 5.12. The Balaban J connectivity index is 1.47. The van der Waals surface area contributed by atoms with Crippen LogP contribution in [0.5, 0.6) is 5.75 Å². The Hall–Kier alpha value is -1.84. The van der Waals surface area contributed by atoms with E-state index < -0.39 is 0 Å². The van der Waals surface area contributed by atoms with Crippen LogP contribution in [0.4, 0.5) is 0 Å². The summed E-state index contributed by atoms with van der Waals surface area (Å²) < 4.78 is 11.7. The van der Waals surface area contributed by atoms with Crippen LogP contribution in [-0.2, 0) is 17.8 Å². The molecule has 24 heavy (non-hydrogen) atoms. The van der Waals surface area contributed by atoms with Gasteiger partial charge < -0.3 is 14.8 Å². The van der Waals surface area contributed by atoms with Crippen molar-refractivity contribution in [1.29, 1.82) is 0 Å². The van der Waals surface area contributed by atoms with Crippen molar-refractivity contribution in [1.82, 2.24) is 5.32 Å². The van der Waals surface area contributed by atoms with Crippen molar-refractivity contribution in [2.45, 2.75) is 38.8 Å². The number of hydrogen-bond donors (Lipinski definition) is 1. The molecule has 128 valence electrons. The molecule has 0 amide bonds. The highest BCUT2D eigenvalue weighted by Crippen LogP contribution is 2.36. The molecule has 1 aliphatic carbocycles. The molecule has 0 heterocycles. The Morgan fingerprint density at radius 1 is 1.04 bits per heavy atom. The Morgan fingerprint density at radius 3 is 2.75 bits per heavy atom.